The highest BCUT2D eigenvalue weighted by molar-refractivity contribution is 7.66. The van der Waals surface area contributed by atoms with Gasteiger partial charge >= 0.3 is 29.2 Å². The zero-order valence-electron chi connectivity index (χ0n) is 16.8. The Kier molecular flexibility index (Phi) is 8.92. The molecule has 2 rings (SSSR count). The second-order valence-electron chi connectivity index (χ2n) is 6.48. The molecule has 0 bridgehead atoms. The van der Waals surface area contributed by atoms with Gasteiger partial charge in [0.05, 0.1) is 6.61 Å². The van der Waals surface area contributed by atoms with Gasteiger partial charge in [0.25, 0.3) is 5.56 Å². The monoisotopic (exact) mass is 551 g/mol. The highest BCUT2D eigenvalue weighted by Crippen LogP contribution is 2.66. The molecule has 0 amide bonds. The molecule has 3 unspecified atom stereocenters. The first-order valence-corrected chi connectivity index (χ1v) is 13.2. The van der Waals surface area contributed by atoms with Crippen LogP contribution in [0.4, 0.5) is 4.39 Å². The molecule has 34 heavy (non-hydrogen) atoms. The lowest BCUT2D eigenvalue weighted by atomic mass is 10.2. The Labute approximate surface area is 188 Å². The van der Waals surface area contributed by atoms with Crippen LogP contribution < -0.4 is 11.2 Å². The molecule has 0 radical (unpaired) electrons. The van der Waals surface area contributed by atoms with Crippen LogP contribution in [-0.4, -0.2) is 47.9 Å². The number of phosphoric ester groups is 1. The molecule has 5 atom stereocenters. The molecule has 190 valence electrons. The number of allylic oxidation sites excluding steroid dienone is 1. The molecule has 2 heterocycles. The third-order valence-electron chi connectivity index (χ3n) is 3.91. The first-order valence-electron chi connectivity index (χ1n) is 8.69. The van der Waals surface area contributed by atoms with E-state index < -0.39 is 65.6 Å². The molecule has 0 saturated carbocycles. The summed E-state index contributed by atoms with van der Waals surface area (Å²) in [6.45, 7) is 0.416. The summed E-state index contributed by atoms with van der Waals surface area (Å²) >= 11 is 0. The predicted molar refractivity (Wildman–Crippen MR) is 104 cm³/mol. The molecule has 1 aliphatic heterocycles. The number of ether oxygens (including phenoxy) is 2. The summed E-state index contributed by atoms with van der Waals surface area (Å²) in [7, 11) is -16.9. The van der Waals surface area contributed by atoms with E-state index in [-0.39, 0.29) is 12.0 Å². The van der Waals surface area contributed by atoms with Gasteiger partial charge in [0.2, 0.25) is 5.83 Å². The van der Waals surface area contributed by atoms with Gasteiger partial charge in [-0.25, -0.2) is 18.5 Å². The minimum atomic E-state index is -5.77. The van der Waals surface area contributed by atoms with Crippen LogP contribution in [0.25, 0.3) is 0 Å². The average molecular weight is 551 g/mol. The minimum Gasteiger partial charge on any atom is -0.491 e. The number of rotatable bonds is 10. The Morgan fingerprint density at radius 3 is 2.53 bits per heavy atom. The van der Waals surface area contributed by atoms with E-state index in [1.54, 1.807) is 0 Å². The lowest BCUT2D eigenvalue weighted by molar-refractivity contribution is -0.0475. The molecule has 17 nitrogen and oxygen atoms in total. The number of H-pyrrole nitrogens is 1. The van der Waals surface area contributed by atoms with Crippen molar-refractivity contribution in [1.82, 2.24) is 9.55 Å². The van der Waals surface area contributed by atoms with E-state index in [4.69, 9.17) is 24.5 Å². The molecular weight excluding hydrogens is 534 g/mol. The fourth-order valence-corrected chi connectivity index (χ4v) is 5.64. The van der Waals surface area contributed by atoms with E-state index in [1.807, 2.05) is 4.98 Å². The van der Waals surface area contributed by atoms with Gasteiger partial charge < -0.3 is 29.0 Å². The normalized spacial score (nSPS) is 24.7. The predicted octanol–water partition coefficient (Wildman–Crippen LogP) is 0.195. The van der Waals surface area contributed by atoms with Crippen LogP contribution in [0, 0.1) is 18.3 Å². The van der Waals surface area contributed by atoms with Crippen molar-refractivity contribution in [3.05, 3.63) is 44.7 Å². The summed E-state index contributed by atoms with van der Waals surface area (Å²) in [6.07, 6.45) is -2.49. The van der Waals surface area contributed by atoms with Crippen molar-refractivity contribution in [1.29, 1.82) is 5.26 Å². The highest BCUT2D eigenvalue weighted by atomic mass is 31.3. The van der Waals surface area contributed by atoms with Crippen LogP contribution in [0.2, 0.25) is 0 Å². The van der Waals surface area contributed by atoms with E-state index >= 15 is 0 Å². The second-order valence-corrected chi connectivity index (χ2v) is 10.9. The number of hydrogen-bond acceptors (Lipinski definition) is 11. The third-order valence-corrected chi connectivity index (χ3v) is 7.71. The molecule has 0 aromatic carbocycles. The van der Waals surface area contributed by atoms with E-state index in [0.29, 0.717) is 6.26 Å². The van der Waals surface area contributed by atoms with Gasteiger partial charge in [-0.3, -0.25) is 18.9 Å². The van der Waals surface area contributed by atoms with Gasteiger partial charge in [-0.15, -0.1) is 0 Å². The molecule has 21 heteroatoms. The maximum absolute atomic E-state index is 13.2. The van der Waals surface area contributed by atoms with Crippen LogP contribution in [0.15, 0.2) is 27.9 Å². The zero-order valence-corrected chi connectivity index (χ0v) is 19.5. The number of nitrogens with one attached hydrogen (secondary N) is 1. The number of aryl methyl sites for hydroxylation is 1. The maximum atomic E-state index is 13.2. The van der Waals surface area contributed by atoms with Gasteiger partial charge in [0.15, 0.2) is 0 Å². The van der Waals surface area contributed by atoms with E-state index in [9.17, 15) is 37.5 Å². The van der Waals surface area contributed by atoms with Gasteiger partial charge in [-0.2, -0.15) is 18.3 Å². The van der Waals surface area contributed by atoms with Crippen molar-refractivity contribution < 1.29 is 60.3 Å². The Morgan fingerprint density at radius 2 is 1.94 bits per heavy atom. The smallest absolute Gasteiger partial charge is 0.490 e. The van der Waals surface area contributed by atoms with Gasteiger partial charge in [0, 0.05) is 18.2 Å². The van der Waals surface area contributed by atoms with Gasteiger partial charge in [-0.05, 0) is 6.92 Å². The van der Waals surface area contributed by atoms with E-state index in [2.05, 4.69) is 13.1 Å². The first-order chi connectivity index (χ1) is 15.5. The van der Waals surface area contributed by atoms with E-state index in [1.165, 1.54) is 6.92 Å². The molecule has 5 N–H and O–H groups in total. The van der Waals surface area contributed by atoms with Crippen molar-refractivity contribution in [3.8, 4) is 6.07 Å². The lowest BCUT2D eigenvalue weighted by Crippen LogP contribution is -2.33. The molecule has 1 fully saturated rings. The van der Waals surface area contributed by atoms with Crippen LogP contribution in [-0.2, 0) is 36.3 Å². The topological polar surface area (TPSA) is 257 Å². The first kappa shape index (κ1) is 28.2. The summed E-state index contributed by atoms with van der Waals surface area (Å²) in [5, 5.41) is 8.48. The molecule has 0 spiro atoms. The van der Waals surface area contributed by atoms with Crippen molar-refractivity contribution in [2.75, 3.05) is 6.61 Å². The molecule has 1 saturated heterocycles. The van der Waals surface area contributed by atoms with Crippen LogP contribution in [0.3, 0.4) is 0 Å². The largest absolute Gasteiger partial charge is 0.491 e. The van der Waals surface area contributed by atoms with Crippen LogP contribution in [0.5, 0.6) is 0 Å². The number of nitriles is 1. The summed E-state index contributed by atoms with van der Waals surface area (Å²) in [5.74, 6) is -1.35. The number of phosphoric acid groups is 3. The number of hydrogen-bond donors (Lipinski definition) is 5. The third kappa shape index (κ3) is 8.35. The van der Waals surface area contributed by atoms with E-state index in [0.717, 1.165) is 16.8 Å². The Hall–Kier alpha value is -1.99. The molecule has 1 aliphatic rings. The fourth-order valence-electron chi connectivity index (χ4n) is 2.61. The number of aromatic nitrogens is 2. The summed E-state index contributed by atoms with van der Waals surface area (Å²) in [5.41, 5.74) is -1.45. The highest BCUT2D eigenvalue weighted by Gasteiger charge is 2.43. The number of halogens is 1. The number of nitrogens with zero attached hydrogens (tertiary/aromatic N) is 2. The second kappa shape index (κ2) is 10.7. The van der Waals surface area contributed by atoms with Crippen LogP contribution in [0.1, 0.15) is 18.2 Å². The molecule has 0 aliphatic carbocycles. The van der Waals surface area contributed by atoms with Crippen molar-refractivity contribution in [3.63, 3.8) is 0 Å². The van der Waals surface area contributed by atoms with Gasteiger partial charge in [-0.1, -0.05) is 0 Å². The average Bonchev–Trinajstić information content (AvgIpc) is 3.07. The zero-order chi connectivity index (χ0) is 25.9. The van der Waals surface area contributed by atoms with Crippen LogP contribution >= 0.6 is 23.5 Å². The Morgan fingerprint density at radius 1 is 1.29 bits per heavy atom. The standard InChI is InChI=1S/C13H17FN3O14P3/c1-7-4-17(13(19)16-12(7)18)11-2-9(27-5-8(14)3-15)10(29-11)6-28-33(23,24)31-34(25,26)30-32(20,21)22/h4-5,9-11H,2,6H2,1H3,(H,23,24)(H,25,26)(H,16,18,19)(H2,20,21,22)/b8-5-/t9-,10?,11+/m0/s1. The Bertz CT molecular complexity index is 1250. The summed E-state index contributed by atoms with van der Waals surface area (Å²) in [6, 6.07) is 1.13. The summed E-state index contributed by atoms with van der Waals surface area (Å²) < 4.78 is 70.3. The quantitative estimate of drug-likeness (QED) is 0.148. The SMILES string of the molecule is Cc1cn([C@H]2C[C@H](O/C=C(\F)C#N)C(COP(=O)(O)OP(=O)(O)OP(=O)(O)O)O2)c(=O)[nH]c1=O. The maximum Gasteiger partial charge on any atom is 0.490 e. The molecule has 1 aromatic heterocycles. The van der Waals surface area contributed by atoms with Crippen molar-refractivity contribution >= 4 is 23.5 Å². The molecular formula is C13H17FN3O14P3. The number of aromatic amines is 1. The Balaban J connectivity index is 2.20. The summed E-state index contributed by atoms with van der Waals surface area (Å²) in [4.78, 5) is 61.5. The minimum absolute atomic E-state index is 0.118. The molecule has 1 aromatic rings. The van der Waals surface area contributed by atoms with Gasteiger partial charge in [0.1, 0.15) is 30.8 Å². The van der Waals surface area contributed by atoms with Crippen molar-refractivity contribution in [2.24, 2.45) is 0 Å². The van der Waals surface area contributed by atoms with Crippen molar-refractivity contribution in [2.45, 2.75) is 31.8 Å². The lowest BCUT2D eigenvalue weighted by Gasteiger charge is -2.20. The fraction of sp³-hybridized carbons (Fsp3) is 0.462.